The van der Waals surface area contributed by atoms with Gasteiger partial charge in [0.25, 0.3) is 0 Å². The quantitative estimate of drug-likeness (QED) is 0.536. The summed E-state index contributed by atoms with van der Waals surface area (Å²) in [4.78, 5) is 0. The highest BCUT2D eigenvalue weighted by Crippen LogP contribution is 2.42. The number of hydrogen-bond acceptors (Lipinski definition) is 0. The van der Waals surface area contributed by atoms with Crippen LogP contribution in [-0.4, -0.2) is 0 Å². The first-order valence-corrected chi connectivity index (χ1v) is 6.01. The van der Waals surface area contributed by atoms with Crippen LogP contribution in [0.15, 0.2) is 35.5 Å². The third-order valence-electron chi connectivity index (χ3n) is 3.97. The highest BCUT2D eigenvalue weighted by Gasteiger charge is 2.27. The molecule has 0 N–H and O–H groups in total. The van der Waals surface area contributed by atoms with Gasteiger partial charge in [-0.05, 0) is 61.5 Å². The first kappa shape index (κ1) is 8.52. The van der Waals surface area contributed by atoms with E-state index in [9.17, 15) is 0 Å². The molecule has 0 aromatic heterocycles. The van der Waals surface area contributed by atoms with Gasteiger partial charge in [0.1, 0.15) is 0 Å². The third kappa shape index (κ3) is 1.37. The van der Waals surface area contributed by atoms with Crippen LogP contribution in [0.3, 0.4) is 0 Å². The molecule has 0 spiro atoms. The van der Waals surface area contributed by atoms with Crippen molar-refractivity contribution in [1.82, 2.24) is 0 Å². The van der Waals surface area contributed by atoms with E-state index >= 15 is 0 Å². The zero-order valence-corrected chi connectivity index (χ0v) is 8.71. The van der Waals surface area contributed by atoms with Gasteiger partial charge < -0.3 is 0 Å². The monoisotopic (exact) mass is 186 g/mol. The molecule has 3 rings (SSSR count). The molecular weight excluding hydrogens is 168 g/mol. The van der Waals surface area contributed by atoms with Crippen LogP contribution in [0.25, 0.3) is 0 Å². The summed E-state index contributed by atoms with van der Waals surface area (Å²) in [5, 5.41) is 0. The molecule has 0 heteroatoms. The van der Waals surface area contributed by atoms with Crippen LogP contribution in [0, 0.1) is 11.8 Å². The second-order valence-corrected chi connectivity index (χ2v) is 4.89. The van der Waals surface area contributed by atoms with E-state index in [-0.39, 0.29) is 0 Å². The van der Waals surface area contributed by atoms with E-state index in [2.05, 4.69) is 24.3 Å². The number of rotatable bonds is 0. The molecule has 0 saturated heterocycles. The Bertz CT molecular complexity index is 317. The molecule has 0 aromatic rings. The van der Waals surface area contributed by atoms with E-state index in [0.717, 1.165) is 11.8 Å². The number of allylic oxidation sites excluding steroid dienone is 6. The fraction of sp³-hybridized carbons (Fsp3) is 0.571. The van der Waals surface area contributed by atoms with Crippen molar-refractivity contribution in [3.8, 4) is 0 Å². The van der Waals surface area contributed by atoms with Crippen LogP contribution in [0.1, 0.15) is 38.5 Å². The molecular formula is C14H18. The maximum atomic E-state index is 2.48. The van der Waals surface area contributed by atoms with Gasteiger partial charge in [0.15, 0.2) is 0 Å². The van der Waals surface area contributed by atoms with Gasteiger partial charge >= 0.3 is 0 Å². The zero-order valence-electron chi connectivity index (χ0n) is 8.71. The number of hydrogen-bond donors (Lipinski definition) is 0. The minimum absolute atomic E-state index is 0.889. The Morgan fingerprint density at radius 1 is 1.00 bits per heavy atom. The normalized spacial score (nSPS) is 35.4. The van der Waals surface area contributed by atoms with E-state index in [0.29, 0.717) is 0 Å². The van der Waals surface area contributed by atoms with Crippen molar-refractivity contribution >= 4 is 0 Å². The average Bonchev–Trinajstić information content (AvgIpc) is 2.26. The van der Waals surface area contributed by atoms with Gasteiger partial charge in [0, 0.05) is 0 Å². The lowest BCUT2D eigenvalue weighted by Gasteiger charge is -2.34. The Morgan fingerprint density at radius 2 is 1.93 bits per heavy atom. The van der Waals surface area contributed by atoms with Crippen molar-refractivity contribution in [2.75, 3.05) is 0 Å². The topological polar surface area (TPSA) is 0 Å². The Balaban J connectivity index is 1.96. The minimum atomic E-state index is 0.889. The Morgan fingerprint density at radius 3 is 2.93 bits per heavy atom. The van der Waals surface area contributed by atoms with E-state index in [1.165, 1.54) is 38.5 Å². The van der Waals surface area contributed by atoms with Crippen molar-refractivity contribution in [3.05, 3.63) is 35.5 Å². The summed E-state index contributed by atoms with van der Waals surface area (Å²) in [5.74, 6) is 1.80. The molecule has 3 aliphatic carbocycles. The van der Waals surface area contributed by atoms with Crippen molar-refractivity contribution < 1.29 is 0 Å². The smallest absolute Gasteiger partial charge is 0.0153 e. The Kier molecular flexibility index (Phi) is 2.08. The fourth-order valence-corrected chi connectivity index (χ4v) is 3.17. The van der Waals surface area contributed by atoms with E-state index in [1.807, 2.05) is 0 Å². The molecule has 0 heterocycles. The summed E-state index contributed by atoms with van der Waals surface area (Å²) in [6, 6.07) is 0. The summed E-state index contributed by atoms with van der Waals surface area (Å²) in [6.07, 6.45) is 17.9. The van der Waals surface area contributed by atoms with Gasteiger partial charge in [-0.3, -0.25) is 0 Å². The summed E-state index contributed by atoms with van der Waals surface area (Å²) < 4.78 is 0. The molecule has 0 aromatic carbocycles. The lowest BCUT2D eigenvalue weighted by Crippen LogP contribution is -2.20. The second-order valence-electron chi connectivity index (χ2n) is 4.89. The fourth-order valence-electron chi connectivity index (χ4n) is 3.17. The highest BCUT2D eigenvalue weighted by atomic mass is 14.3. The Labute approximate surface area is 86.4 Å². The van der Waals surface area contributed by atoms with Crippen LogP contribution in [0.2, 0.25) is 0 Å². The molecule has 0 fully saturated rings. The van der Waals surface area contributed by atoms with Gasteiger partial charge in [-0.15, -0.1) is 0 Å². The lowest BCUT2D eigenvalue weighted by atomic mass is 9.71. The zero-order chi connectivity index (χ0) is 9.38. The second kappa shape index (κ2) is 3.42. The summed E-state index contributed by atoms with van der Waals surface area (Å²) in [6.45, 7) is 0. The van der Waals surface area contributed by atoms with Crippen LogP contribution >= 0.6 is 0 Å². The molecule has 0 bridgehead atoms. The van der Waals surface area contributed by atoms with Crippen LogP contribution < -0.4 is 0 Å². The summed E-state index contributed by atoms with van der Waals surface area (Å²) in [5.41, 5.74) is 3.26. The standard InChI is InChI=1S/C14H18/c1-2-6-12-10-14-8-4-3-7-13(14)9-11(12)5-1/h1,5,7,9,12,14H,2-4,6,8,10H2. The van der Waals surface area contributed by atoms with Crippen LogP contribution in [-0.2, 0) is 0 Å². The Hall–Kier alpha value is -0.780. The SMILES string of the molecule is C1=CC2=CC3=CCCCC3CC2CC1. The highest BCUT2D eigenvalue weighted by molar-refractivity contribution is 5.38. The van der Waals surface area contributed by atoms with Crippen LogP contribution in [0.4, 0.5) is 0 Å². The van der Waals surface area contributed by atoms with Gasteiger partial charge in [-0.1, -0.05) is 24.3 Å². The van der Waals surface area contributed by atoms with Crippen molar-refractivity contribution in [2.24, 2.45) is 11.8 Å². The van der Waals surface area contributed by atoms with Crippen molar-refractivity contribution in [2.45, 2.75) is 38.5 Å². The third-order valence-corrected chi connectivity index (χ3v) is 3.97. The van der Waals surface area contributed by atoms with Gasteiger partial charge in [-0.2, -0.15) is 0 Å². The van der Waals surface area contributed by atoms with Crippen molar-refractivity contribution in [3.63, 3.8) is 0 Å². The molecule has 0 radical (unpaired) electrons. The molecule has 0 saturated carbocycles. The molecule has 74 valence electrons. The largest absolute Gasteiger partial charge is 0.0842 e. The van der Waals surface area contributed by atoms with Crippen molar-refractivity contribution in [1.29, 1.82) is 0 Å². The predicted molar refractivity (Wildman–Crippen MR) is 60.0 cm³/mol. The van der Waals surface area contributed by atoms with E-state index < -0.39 is 0 Å². The average molecular weight is 186 g/mol. The molecule has 0 amide bonds. The van der Waals surface area contributed by atoms with Gasteiger partial charge in [-0.25, -0.2) is 0 Å². The first-order chi connectivity index (χ1) is 6.93. The molecule has 0 aliphatic heterocycles. The molecule has 2 unspecified atom stereocenters. The summed E-state index contributed by atoms with van der Waals surface area (Å²) >= 11 is 0. The maximum Gasteiger partial charge on any atom is -0.0153 e. The van der Waals surface area contributed by atoms with E-state index in [4.69, 9.17) is 0 Å². The molecule has 0 nitrogen and oxygen atoms in total. The minimum Gasteiger partial charge on any atom is -0.0842 e. The maximum absolute atomic E-state index is 2.48. The molecule has 14 heavy (non-hydrogen) atoms. The van der Waals surface area contributed by atoms with Gasteiger partial charge in [0.05, 0.1) is 0 Å². The van der Waals surface area contributed by atoms with Gasteiger partial charge in [0.2, 0.25) is 0 Å². The first-order valence-electron chi connectivity index (χ1n) is 6.01. The van der Waals surface area contributed by atoms with E-state index in [1.54, 1.807) is 11.1 Å². The summed E-state index contributed by atoms with van der Waals surface area (Å²) in [7, 11) is 0. The lowest BCUT2D eigenvalue weighted by molar-refractivity contribution is 0.382. The predicted octanol–water partition coefficient (Wildman–Crippen LogP) is 4.01. The molecule has 3 aliphatic rings. The van der Waals surface area contributed by atoms with Crippen LogP contribution in [0.5, 0.6) is 0 Å². The molecule has 2 atom stereocenters. The number of fused-ring (bicyclic) bond motifs is 2.